The van der Waals surface area contributed by atoms with Crippen LogP contribution in [0.1, 0.15) is 18.4 Å². The summed E-state index contributed by atoms with van der Waals surface area (Å²) in [6.07, 6.45) is 2.19. The molecule has 0 atom stereocenters. The largest absolute Gasteiger partial charge is 0.362 e. The van der Waals surface area contributed by atoms with E-state index in [4.69, 9.17) is 16.6 Å². The molecule has 0 bridgehead atoms. The quantitative estimate of drug-likeness (QED) is 0.760. The molecular weight excluding hydrogens is 260 g/mol. The summed E-state index contributed by atoms with van der Waals surface area (Å²) in [4.78, 5) is 7.18. The fourth-order valence-corrected chi connectivity index (χ4v) is 3.63. The fraction of sp³-hybridized carbons (Fsp3) is 0.500. The molecule has 3 aliphatic heterocycles. The SMILES string of the molecule is Clc1ccc2c(c1)NC1(CCNCC1)N1CCN=C21. The van der Waals surface area contributed by atoms with Gasteiger partial charge in [-0.05, 0) is 31.3 Å². The van der Waals surface area contributed by atoms with Gasteiger partial charge in [-0.1, -0.05) is 11.6 Å². The van der Waals surface area contributed by atoms with Gasteiger partial charge in [-0.15, -0.1) is 0 Å². The molecular formula is C14H17ClN4. The van der Waals surface area contributed by atoms with Crippen LogP contribution in [0.4, 0.5) is 5.69 Å². The zero-order valence-electron chi connectivity index (χ0n) is 10.7. The Morgan fingerprint density at radius 2 is 2.11 bits per heavy atom. The number of fused-ring (bicyclic) bond motifs is 4. The van der Waals surface area contributed by atoms with Crippen molar-refractivity contribution in [3.8, 4) is 0 Å². The first-order valence-electron chi connectivity index (χ1n) is 6.89. The second-order valence-electron chi connectivity index (χ2n) is 5.45. The van der Waals surface area contributed by atoms with E-state index < -0.39 is 0 Å². The monoisotopic (exact) mass is 276 g/mol. The van der Waals surface area contributed by atoms with Crippen molar-refractivity contribution in [2.24, 2.45) is 4.99 Å². The number of nitrogens with one attached hydrogen (secondary N) is 2. The average Bonchev–Trinajstić information content (AvgIpc) is 2.90. The second kappa shape index (κ2) is 4.12. The van der Waals surface area contributed by atoms with Gasteiger partial charge in [-0.3, -0.25) is 4.99 Å². The Bertz CT molecular complexity index is 548. The van der Waals surface area contributed by atoms with E-state index in [1.54, 1.807) is 0 Å². The molecule has 0 saturated carbocycles. The number of anilines is 1. The van der Waals surface area contributed by atoms with Crippen molar-refractivity contribution >= 4 is 23.1 Å². The van der Waals surface area contributed by atoms with Gasteiger partial charge in [-0.2, -0.15) is 0 Å². The summed E-state index contributed by atoms with van der Waals surface area (Å²) >= 11 is 6.14. The van der Waals surface area contributed by atoms with Crippen LogP contribution in [0.5, 0.6) is 0 Å². The van der Waals surface area contributed by atoms with Crippen molar-refractivity contribution in [2.45, 2.75) is 18.5 Å². The summed E-state index contributed by atoms with van der Waals surface area (Å²) < 4.78 is 0. The Labute approximate surface area is 117 Å². The number of nitrogens with zero attached hydrogens (tertiary/aromatic N) is 2. The smallest absolute Gasteiger partial charge is 0.134 e. The molecule has 100 valence electrons. The highest BCUT2D eigenvalue weighted by Crippen LogP contribution is 2.39. The molecule has 0 aliphatic carbocycles. The Hall–Kier alpha value is -1.26. The van der Waals surface area contributed by atoms with E-state index in [-0.39, 0.29) is 5.66 Å². The minimum absolute atomic E-state index is 0.0261. The lowest BCUT2D eigenvalue weighted by Crippen LogP contribution is -2.62. The number of rotatable bonds is 0. The highest BCUT2D eigenvalue weighted by Gasteiger charge is 2.45. The summed E-state index contributed by atoms with van der Waals surface area (Å²) in [6.45, 7) is 4.01. The van der Waals surface area contributed by atoms with Crippen LogP contribution in [0, 0.1) is 0 Å². The van der Waals surface area contributed by atoms with Crippen molar-refractivity contribution in [2.75, 3.05) is 31.5 Å². The molecule has 0 aromatic heterocycles. The highest BCUT2D eigenvalue weighted by atomic mass is 35.5. The summed E-state index contributed by atoms with van der Waals surface area (Å²) in [6, 6.07) is 6.05. The van der Waals surface area contributed by atoms with Crippen LogP contribution in [0.3, 0.4) is 0 Å². The van der Waals surface area contributed by atoms with Crippen molar-refractivity contribution in [1.29, 1.82) is 0 Å². The number of halogens is 1. The summed E-state index contributed by atoms with van der Waals surface area (Å²) in [5.74, 6) is 1.15. The number of amidine groups is 1. The molecule has 4 nitrogen and oxygen atoms in total. The summed E-state index contributed by atoms with van der Waals surface area (Å²) in [5, 5.41) is 7.96. The van der Waals surface area contributed by atoms with Gasteiger partial charge in [-0.25, -0.2) is 0 Å². The van der Waals surface area contributed by atoms with Crippen molar-refractivity contribution in [1.82, 2.24) is 10.2 Å². The minimum atomic E-state index is 0.0261. The molecule has 4 rings (SSSR count). The third-order valence-corrected chi connectivity index (χ3v) is 4.61. The molecule has 2 N–H and O–H groups in total. The molecule has 1 spiro atoms. The zero-order chi connectivity index (χ0) is 12.9. The minimum Gasteiger partial charge on any atom is -0.362 e. The average molecular weight is 277 g/mol. The maximum atomic E-state index is 6.14. The van der Waals surface area contributed by atoms with E-state index in [0.29, 0.717) is 0 Å². The van der Waals surface area contributed by atoms with Gasteiger partial charge in [0.1, 0.15) is 11.5 Å². The van der Waals surface area contributed by atoms with Gasteiger partial charge in [0.05, 0.1) is 6.54 Å². The number of hydrogen-bond donors (Lipinski definition) is 2. The van der Waals surface area contributed by atoms with Crippen LogP contribution in [0.2, 0.25) is 5.02 Å². The van der Waals surface area contributed by atoms with Gasteiger partial charge in [0.15, 0.2) is 0 Å². The molecule has 3 aliphatic rings. The molecule has 1 saturated heterocycles. The molecule has 0 radical (unpaired) electrons. The molecule has 1 aromatic rings. The van der Waals surface area contributed by atoms with E-state index >= 15 is 0 Å². The van der Waals surface area contributed by atoms with E-state index in [1.807, 2.05) is 12.1 Å². The predicted molar refractivity (Wildman–Crippen MR) is 78.0 cm³/mol. The third kappa shape index (κ3) is 1.66. The first-order valence-corrected chi connectivity index (χ1v) is 7.27. The van der Waals surface area contributed by atoms with E-state index in [0.717, 1.165) is 55.6 Å². The first-order chi connectivity index (χ1) is 9.28. The fourth-order valence-electron chi connectivity index (χ4n) is 3.46. The zero-order valence-corrected chi connectivity index (χ0v) is 11.5. The Morgan fingerprint density at radius 3 is 2.95 bits per heavy atom. The lowest BCUT2D eigenvalue weighted by atomic mass is 9.91. The van der Waals surface area contributed by atoms with E-state index in [9.17, 15) is 0 Å². The topological polar surface area (TPSA) is 39.7 Å². The molecule has 0 unspecified atom stereocenters. The van der Waals surface area contributed by atoms with Gasteiger partial charge in [0.2, 0.25) is 0 Å². The number of hydrogen-bond acceptors (Lipinski definition) is 4. The van der Waals surface area contributed by atoms with Crippen LogP contribution in [-0.2, 0) is 0 Å². The van der Waals surface area contributed by atoms with Gasteiger partial charge in [0, 0.05) is 35.7 Å². The first kappa shape index (κ1) is 11.6. The molecule has 1 fully saturated rings. The lowest BCUT2D eigenvalue weighted by molar-refractivity contribution is 0.163. The predicted octanol–water partition coefficient (Wildman–Crippen LogP) is 1.91. The normalized spacial score (nSPS) is 23.6. The standard InChI is InChI=1S/C14H17ClN4/c15-10-1-2-11-12(9-10)18-14(3-5-16-6-4-14)19-8-7-17-13(11)19/h1-2,9,16,18H,3-8H2. The van der Waals surface area contributed by atoms with Crippen molar-refractivity contribution in [3.63, 3.8) is 0 Å². The molecule has 3 heterocycles. The Morgan fingerprint density at radius 1 is 1.26 bits per heavy atom. The van der Waals surface area contributed by atoms with E-state index in [1.165, 1.54) is 5.56 Å². The number of aliphatic imine (C=N–C) groups is 1. The maximum Gasteiger partial charge on any atom is 0.134 e. The maximum absolute atomic E-state index is 6.14. The molecule has 1 aromatic carbocycles. The van der Waals surface area contributed by atoms with Gasteiger partial charge in [0.25, 0.3) is 0 Å². The van der Waals surface area contributed by atoms with Crippen LogP contribution >= 0.6 is 11.6 Å². The molecule has 19 heavy (non-hydrogen) atoms. The Kier molecular flexibility index (Phi) is 2.50. The van der Waals surface area contributed by atoms with Crippen LogP contribution < -0.4 is 10.6 Å². The van der Waals surface area contributed by atoms with Crippen LogP contribution in [0.25, 0.3) is 0 Å². The molecule has 0 amide bonds. The van der Waals surface area contributed by atoms with E-state index in [2.05, 4.69) is 21.6 Å². The van der Waals surface area contributed by atoms with Gasteiger partial charge < -0.3 is 15.5 Å². The number of benzene rings is 1. The second-order valence-corrected chi connectivity index (χ2v) is 5.89. The Balaban J connectivity index is 1.84. The molecule has 5 heteroatoms. The van der Waals surface area contributed by atoms with Crippen molar-refractivity contribution < 1.29 is 0 Å². The number of piperidine rings is 1. The van der Waals surface area contributed by atoms with Crippen LogP contribution in [0.15, 0.2) is 23.2 Å². The summed E-state index contributed by atoms with van der Waals surface area (Å²) in [5.41, 5.74) is 2.34. The van der Waals surface area contributed by atoms with Crippen molar-refractivity contribution in [3.05, 3.63) is 28.8 Å². The van der Waals surface area contributed by atoms with Crippen LogP contribution in [-0.4, -0.2) is 42.6 Å². The highest BCUT2D eigenvalue weighted by molar-refractivity contribution is 6.31. The summed E-state index contributed by atoms with van der Waals surface area (Å²) in [7, 11) is 0. The third-order valence-electron chi connectivity index (χ3n) is 4.38. The lowest BCUT2D eigenvalue weighted by Gasteiger charge is -2.50. The van der Waals surface area contributed by atoms with Gasteiger partial charge >= 0.3 is 0 Å².